The predicted octanol–water partition coefficient (Wildman–Crippen LogP) is 2.39. The molecule has 1 fully saturated rings. The number of hydrogen-bond acceptors (Lipinski definition) is 2. The molecule has 0 aromatic heterocycles. The van der Waals surface area contributed by atoms with Gasteiger partial charge in [-0.2, -0.15) is 0 Å². The van der Waals surface area contributed by atoms with Gasteiger partial charge in [-0.3, -0.25) is 0 Å². The van der Waals surface area contributed by atoms with Crippen LogP contribution in [0.3, 0.4) is 0 Å². The maximum Gasteiger partial charge on any atom is 0.0687 e. The zero-order valence-corrected chi connectivity index (χ0v) is 10.2. The minimum Gasteiger partial charge on any atom is -0.378 e. The lowest BCUT2D eigenvalue weighted by atomic mass is 9.73. The third-order valence-corrected chi connectivity index (χ3v) is 3.21. The molecule has 0 unspecified atom stereocenters. The molecule has 3 heteroatoms. The molecule has 1 heterocycles. The molecule has 0 spiro atoms. The van der Waals surface area contributed by atoms with Crippen LogP contribution in [0.25, 0.3) is 0 Å². The first-order chi connectivity index (χ1) is 6.13. The molecule has 0 atom stereocenters. The van der Waals surface area contributed by atoms with Crippen LogP contribution in [0.2, 0.25) is 0 Å². The van der Waals surface area contributed by atoms with Gasteiger partial charge in [0, 0.05) is 18.2 Å². The van der Waals surface area contributed by atoms with Crippen LogP contribution in [-0.4, -0.2) is 28.9 Å². The highest BCUT2D eigenvalue weighted by Crippen LogP contribution is 2.43. The average molecular weight is 200 g/mol. The number of ether oxygens (including phenoxy) is 1. The van der Waals surface area contributed by atoms with Gasteiger partial charge in [-0.05, 0) is 47.5 Å². The van der Waals surface area contributed by atoms with Gasteiger partial charge in [-0.15, -0.1) is 10.3 Å². The van der Waals surface area contributed by atoms with Crippen molar-refractivity contribution in [3.05, 3.63) is 0 Å². The molecule has 0 bridgehead atoms. The summed E-state index contributed by atoms with van der Waals surface area (Å²) in [6, 6.07) is 0. The van der Waals surface area contributed by atoms with Gasteiger partial charge in [0.05, 0.1) is 5.60 Å². The second-order valence-electron chi connectivity index (χ2n) is 5.93. The Balaban J connectivity index is 2.97. The Kier molecular flexibility index (Phi) is 2.72. The average Bonchev–Trinajstić information content (AvgIpc) is 1.99. The van der Waals surface area contributed by atoms with Crippen molar-refractivity contribution in [1.82, 2.24) is 5.06 Å². The molecule has 1 rings (SSSR count). The number of hydrogen-bond donors (Lipinski definition) is 0. The molecule has 3 nitrogen and oxygen atoms in total. The largest absolute Gasteiger partial charge is 0.378 e. The second kappa shape index (κ2) is 3.19. The summed E-state index contributed by atoms with van der Waals surface area (Å²) in [7, 11) is 1.73. The van der Waals surface area contributed by atoms with Crippen LogP contribution in [0.15, 0.2) is 0 Å². The van der Waals surface area contributed by atoms with Crippen LogP contribution in [-0.2, 0) is 9.94 Å². The van der Waals surface area contributed by atoms with Crippen LogP contribution in [0.4, 0.5) is 0 Å². The molecule has 0 aromatic carbocycles. The van der Waals surface area contributed by atoms with E-state index in [1.165, 1.54) is 5.06 Å². The van der Waals surface area contributed by atoms with Crippen molar-refractivity contribution >= 4 is 0 Å². The molecule has 1 radical (unpaired) electrons. The smallest absolute Gasteiger partial charge is 0.0687 e. The molecule has 0 aliphatic carbocycles. The minimum atomic E-state index is -0.341. The second-order valence-corrected chi connectivity index (χ2v) is 5.93. The van der Waals surface area contributed by atoms with Gasteiger partial charge in [0.2, 0.25) is 0 Å². The molecular weight excluding hydrogens is 178 g/mol. The van der Waals surface area contributed by atoms with Crippen LogP contribution in [0.1, 0.15) is 47.5 Å². The molecule has 14 heavy (non-hydrogen) atoms. The highest BCUT2D eigenvalue weighted by Gasteiger charge is 2.51. The summed E-state index contributed by atoms with van der Waals surface area (Å²) in [6.07, 6.45) is 1.56. The summed E-state index contributed by atoms with van der Waals surface area (Å²) in [6.45, 7) is 10.0. The highest BCUT2D eigenvalue weighted by atomic mass is 16.5. The van der Waals surface area contributed by atoms with E-state index in [9.17, 15) is 5.21 Å². The number of nitrogens with zero attached hydrogens (tertiary/aromatic N) is 1. The molecule has 1 aliphatic heterocycles. The van der Waals surface area contributed by atoms with E-state index in [1.807, 2.05) is 27.7 Å². The Hall–Kier alpha value is -0.120. The summed E-state index contributed by atoms with van der Waals surface area (Å²) < 4.78 is 5.53. The monoisotopic (exact) mass is 200 g/mol. The maximum absolute atomic E-state index is 12.0. The molecule has 0 aromatic rings. The van der Waals surface area contributed by atoms with Crippen molar-refractivity contribution in [3.63, 3.8) is 0 Å². The molecule has 0 saturated carbocycles. The minimum absolute atomic E-state index is 0.173. The van der Waals surface area contributed by atoms with Gasteiger partial charge in [0.25, 0.3) is 0 Å². The van der Waals surface area contributed by atoms with E-state index in [1.54, 1.807) is 7.11 Å². The van der Waals surface area contributed by atoms with Crippen molar-refractivity contribution < 1.29 is 9.94 Å². The van der Waals surface area contributed by atoms with E-state index in [-0.39, 0.29) is 16.7 Å². The van der Waals surface area contributed by atoms with Gasteiger partial charge in [-0.1, -0.05) is 0 Å². The lowest BCUT2D eigenvalue weighted by Crippen LogP contribution is -2.63. The fraction of sp³-hybridized carbons (Fsp3) is 1.00. The van der Waals surface area contributed by atoms with E-state index < -0.39 is 0 Å². The normalized spacial score (nSPS) is 30.2. The SMILES string of the molecule is COC1(C)CC(C)(C)N([O])C(C)(C)C1. The van der Waals surface area contributed by atoms with Gasteiger partial charge in [0.15, 0.2) is 0 Å². The van der Waals surface area contributed by atoms with Gasteiger partial charge < -0.3 is 4.74 Å². The van der Waals surface area contributed by atoms with Crippen LogP contribution < -0.4 is 0 Å². The fourth-order valence-electron chi connectivity index (χ4n) is 3.00. The molecule has 0 N–H and O–H groups in total. The third kappa shape index (κ3) is 1.95. The highest BCUT2D eigenvalue weighted by molar-refractivity contribution is 5.02. The van der Waals surface area contributed by atoms with Crippen molar-refractivity contribution in [2.45, 2.75) is 64.1 Å². The quantitative estimate of drug-likeness (QED) is 0.651. The maximum atomic E-state index is 12.0. The Morgan fingerprint density at radius 1 is 1.00 bits per heavy atom. The van der Waals surface area contributed by atoms with Crippen molar-refractivity contribution in [2.75, 3.05) is 7.11 Å². The molecule has 1 saturated heterocycles. The third-order valence-electron chi connectivity index (χ3n) is 3.21. The molecular formula is C11H22NO2. The van der Waals surface area contributed by atoms with Gasteiger partial charge >= 0.3 is 0 Å². The molecule has 1 aliphatic rings. The summed E-state index contributed by atoms with van der Waals surface area (Å²) in [5.74, 6) is 0. The Labute approximate surface area is 87.0 Å². The van der Waals surface area contributed by atoms with Crippen molar-refractivity contribution in [2.24, 2.45) is 0 Å². The number of methoxy groups -OCH3 is 1. The summed E-state index contributed by atoms with van der Waals surface area (Å²) in [5, 5.41) is 13.3. The lowest BCUT2D eigenvalue weighted by molar-refractivity contribution is -0.312. The zero-order valence-electron chi connectivity index (χ0n) is 10.2. The standard InChI is InChI=1S/C11H22NO2/c1-9(2)7-11(5,14-6)8-10(3,4)12(9)13/h7-8H2,1-6H3. The summed E-state index contributed by atoms with van der Waals surface area (Å²) in [4.78, 5) is 0. The number of hydroxylamine groups is 2. The van der Waals surface area contributed by atoms with Crippen LogP contribution in [0, 0.1) is 0 Å². The summed E-state index contributed by atoms with van der Waals surface area (Å²) in [5.41, 5.74) is -0.854. The fourth-order valence-corrected chi connectivity index (χ4v) is 3.00. The Bertz CT molecular complexity index is 200. The van der Waals surface area contributed by atoms with E-state index in [2.05, 4.69) is 6.92 Å². The van der Waals surface area contributed by atoms with E-state index in [0.717, 1.165) is 12.8 Å². The van der Waals surface area contributed by atoms with Gasteiger partial charge in [0.1, 0.15) is 0 Å². The van der Waals surface area contributed by atoms with E-state index in [4.69, 9.17) is 4.74 Å². The Morgan fingerprint density at radius 3 is 1.64 bits per heavy atom. The van der Waals surface area contributed by atoms with Crippen LogP contribution in [0.5, 0.6) is 0 Å². The number of piperidine rings is 1. The lowest BCUT2D eigenvalue weighted by Gasteiger charge is -2.53. The topological polar surface area (TPSA) is 32.4 Å². The molecule has 83 valence electrons. The predicted molar refractivity (Wildman–Crippen MR) is 55.3 cm³/mol. The first kappa shape index (κ1) is 12.0. The van der Waals surface area contributed by atoms with Crippen molar-refractivity contribution in [3.8, 4) is 0 Å². The first-order valence-corrected chi connectivity index (χ1v) is 5.16. The first-order valence-electron chi connectivity index (χ1n) is 5.16. The Morgan fingerprint density at radius 2 is 1.36 bits per heavy atom. The van der Waals surface area contributed by atoms with Crippen molar-refractivity contribution in [1.29, 1.82) is 0 Å². The number of rotatable bonds is 1. The van der Waals surface area contributed by atoms with E-state index in [0.29, 0.717) is 0 Å². The zero-order chi connectivity index (χ0) is 11.2. The van der Waals surface area contributed by atoms with Crippen LogP contribution >= 0.6 is 0 Å². The van der Waals surface area contributed by atoms with Gasteiger partial charge in [-0.25, -0.2) is 0 Å². The molecule has 0 amide bonds. The summed E-state index contributed by atoms with van der Waals surface area (Å²) >= 11 is 0. The van der Waals surface area contributed by atoms with E-state index >= 15 is 0 Å².